The number of fused-ring (bicyclic) bond motifs is 1. The fourth-order valence-corrected chi connectivity index (χ4v) is 3.14. The Morgan fingerprint density at radius 1 is 1.36 bits per heavy atom. The van der Waals surface area contributed by atoms with E-state index in [1.807, 2.05) is 0 Å². The summed E-state index contributed by atoms with van der Waals surface area (Å²) in [4.78, 5) is 41.1. The number of halogens is 1. The van der Waals surface area contributed by atoms with E-state index in [-0.39, 0.29) is 23.5 Å². The SMILES string of the molecule is CC(=O)[C@@H](Cc1cc(=O)n2ccsc2n1)C(=O)Nc1ccccc1F. The van der Waals surface area contributed by atoms with Gasteiger partial charge in [-0.15, -0.1) is 11.3 Å². The number of nitrogens with zero attached hydrogens (tertiary/aromatic N) is 2. The summed E-state index contributed by atoms with van der Waals surface area (Å²) in [7, 11) is 0. The van der Waals surface area contributed by atoms with Gasteiger partial charge in [-0.2, -0.15) is 0 Å². The summed E-state index contributed by atoms with van der Waals surface area (Å²) >= 11 is 1.28. The molecule has 8 heteroatoms. The fourth-order valence-electron chi connectivity index (χ4n) is 2.41. The van der Waals surface area contributed by atoms with E-state index in [0.717, 1.165) is 0 Å². The molecular formula is C17H14FN3O3S. The smallest absolute Gasteiger partial charge is 0.258 e. The van der Waals surface area contributed by atoms with Crippen molar-refractivity contribution in [2.45, 2.75) is 13.3 Å². The number of carbonyl (C=O) groups is 2. The van der Waals surface area contributed by atoms with Crippen LogP contribution in [0.2, 0.25) is 0 Å². The lowest BCUT2D eigenvalue weighted by Crippen LogP contribution is -2.31. The Balaban J connectivity index is 1.85. The molecule has 2 aromatic heterocycles. The van der Waals surface area contributed by atoms with E-state index in [1.165, 1.54) is 46.9 Å². The summed E-state index contributed by atoms with van der Waals surface area (Å²) in [6.45, 7) is 1.28. The van der Waals surface area contributed by atoms with Crippen molar-refractivity contribution >= 4 is 33.7 Å². The molecule has 0 spiro atoms. The monoisotopic (exact) mass is 359 g/mol. The molecule has 3 aromatic rings. The number of hydrogen-bond acceptors (Lipinski definition) is 5. The minimum absolute atomic E-state index is 0.000451. The van der Waals surface area contributed by atoms with Crippen molar-refractivity contribution in [1.29, 1.82) is 0 Å². The Labute approximate surface area is 146 Å². The first kappa shape index (κ1) is 17.0. The molecule has 0 saturated heterocycles. The second kappa shape index (κ2) is 6.94. The second-order valence-electron chi connectivity index (χ2n) is 5.48. The van der Waals surface area contributed by atoms with Gasteiger partial charge in [0.05, 0.1) is 11.4 Å². The Morgan fingerprint density at radius 2 is 2.12 bits per heavy atom. The lowest BCUT2D eigenvalue weighted by Gasteiger charge is -2.14. The zero-order chi connectivity index (χ0) is 18.0. The number of benzene rings is 1. The van der Waals surface area contributed by atoms with Crippen LogP contribution in [-0.4, -0.2) is 21.1 Å². The van der Waals surface area contributed by atoms with Gasteiger partial charge in [0.2, 0.25) is 5.91 Å². The minimum atomic E-state index is -1.06. The van der Waals surface area contributed by atoms with Crippen LogP contribution in [0.25, 0.3) is 4.96 Å². The van der Waals surface area contributed by atoms with Crippen LogP contribution >= 0.6 is 11.3 Å². The minimum Gasteiger partial charge on any atom is -0.323 e. The van der Waals surface area contributed by atoms with Gasteiger partial charge in [-0.1, -0.05) is 12.1 Å². The van der Waals surface area contributed by atoms with Gasteiger partial charge in [-0.05, 0) is 19.1 Å². The van der Waals surface area contributed by atoms with Gasteiger partial charge >= 0.3 is 0 Å². The molecule has 1 amide bonds. The van der Waals surface area contributed by atoms with Crippen molar-refractivity contribution in [3.63, 3.8) is 0 Å². The van der Waals surface area contributed by atoms with Gasteiger partial charge in [0, 0.05) is 24.1 Å². The summed E-state index contributed by atoms with van der Waals surface area (Å²) in [6.07, 6.45) is 1.58. The molecule has 3 rings (SSSR count). The van der Waals surface area contributed by atoms with Gasteiger partial charge in [0.15, 0.2) is 4.96 Å². The number of thiazole rings is 1. The first-order valence-electron chi connectivity index (χ1n) is 7.47. The number of Topliss-reactive ketones (excluding diaryl/α,β-unsaturated/α-hetero) is 1. The van der Waals surface area contributed by atoms with E-state index >= 15 is 0 Å². The number of amides is 1. The fraction of sp³-hybridized carbons (Fsp3) is 0.176. The Morgan fingerprint density at radius 3 is 2.84 bits per heavy atom. The first-order valence-corrected chi connectivity index (χ1v) is 8.35. The molecule has 0 unspecified atom stereocenters. The van der Waals surface area contributed by atoms with Crippen molar-refractivity contribution in [3.05, 3.63) is 63.8 Å². The zero-order valence-electron chi connectivity index (χ0n) is 13.2. The zero-order valence-corrected chi connectivity index (χ0v) is 14.0. The van der Waals surface area contributed by atoms with Crippen molar-refractivity contribution in [3.8, 4) is 0 Å². The van der Waals surface area contributed by atoms with E-state index < -0.39 is 17.6 Å². The Kier molecular flexibility index (Phi) is 4.71. The molecular weight excluding hydrogens is 345 g/mol. The molecule has 25 heavy (non-hydrogen) atoms. The van der Waals surface area contributed by atoms with Crippen LogP contribution in [0.15, 0.2) is 46.7 Å². The highest BCUT2D eigenvalue weighted by Gasteiger charge is 2.25. The van der Waals surface area contributed by atoms with Crippen LogP contribution < -0.4 is 10.9 Å². The van der Waals surface area contributed by atoms with Crippen molar-refractivity contribution in [2.75, 3.05) is 5.32 Å². The maximum absolute atomic E-state index is 13.7. The van der Waals surface area contributed by atoms with Gasteiger partial charge in [-0.3, -0.25) is 18.8 Å². The van der Waals surface area contributed by atoms with Crippen molar-refractivity contribution in [1.82, 2.24) is 9.38 Å². The van der Waals surface area contributed by atoms with E-state index in [0.29, 0.717) is 10.7 Å². The molecule has 128 valence electrons. The van der Waals surface area contributed by atoms with Crippen LogP contribution in [0.4, 0.5) is 10.1 Å². The van der Waals surface area contributed by atoms with E-state index in [1.54, 1.807) is 17.6 Å². The van der Waals surface area contributed by atoms with Crippen molar-refractivity contribution < 1.29 is 14.0 Å². The molecule has 0 radical (unpaired) electrons. The quantitative estimate of drug-likeness (QED) is 0.709. The average molecular weight is 359 g/mol. The molecule has 1 aromatic carbocycles. The van der Waals surface area contributed by atoms with Gasteiger partial charge in [0.1, 0.15) is 17.5 Å². The third kappa shape index (κ3) is 3.63. The molecule has 0 bridgehead atoms. The Hall–Kier alpha value is -2.87. The number of para-hydroxylation sites is 1. The summed E-state index contributed by atoms with van der Waals surface area (Å²) in [5, 5.41) is 4.14. The largest absolute Gasteiger partial charge is 0.323 e. The number of rotatable bonds is 5. The molecule has 1 atom stereocenters. The molecule has 0 fully saturated rings. The average Bonchev–Trinajstić information content (AvgIpc) is 3.03. The van der Waals surface area contributed by atoms with E-state index in [2.05, 4.69) is 10.3 Å². The molecule has 0 aliphatic heterocycles. The summed E-state index contributed by atoms with van der Waals surface area (Å²) in [5.41, 5.74) is 0.0647. The lowest BCUT2D eigenvalue weighted by molar-refractivity contribution is -0.129. The van der Waals surface area contributed by atoms with Crippen LogP contribution in [-0.2, 0) is 16.0 Å². The highest BCUT2D eigenvalue weighted by atomic mass is 32.1. The van der Waals surface area contributed by atoms with Gasteiger partial charge in [-0.25, -0.2) is 9.37 Å². The standard InChI is InChI=1S/C17H14FN3O3S/c1-10(22)12(16(24)20-14-5-3-2-4-13(14)18)8-11-9-15(23)21-6-7-25-17(21)19-11/h2-7,9,12H,8H2,1H3,(H,20,24)/t12-/m1/s1. The topological polar surface area (TPSA) is 80.5 Å². The highest BCUT2D eigenvalue weighted by Crippen LogP contribution is 2.16. The maximum Gasteiger partial charge on any atom is 0.258 e. The predicted molar refractivity (Wildman–Crippen MR) is 92.2 cm³/mol. The maximum atomic E-state index is 13.7. The molecule has 1 N–H and O–H groups in total. The third-order valence-electron chi connectivity index (χ3n) is 3.71. The third-order valence-corrected chi connectivity index (χ3v) is 4.47. The van der Waals surface area contributed by atoms with Crippen LogP contribution in [0.1, 0.15) is 12.6 Å². The van der Waals surface area contributed by atoms with E-state index in [9.17, 15) is 18.8 Å². The number of hydrogen-bond donors (Lipinski definition) is 1. The normalized spacial score (nSPS) is 12.1. The lowest BCUT2D eigenvalue weighted by atomic mass is 9.97. The number of anilines is 1. The molecule has 2 heterocycles. The van der Waals surface area contributed by atoms with Crippen molar-refractivity contribution in [2.24, 2.45) is 5.92 Å². The molecule has 0 saturated carbocycles. The highest BCUT2D eigenvalue weighted by molar-refractivity contribution is 7.15. The number of nitrogens with one attached hydrogen (secondary N) is 1. The predicted octanol–water partition coefficient (Wildman–Crippen LogP) is 2.28. The number of carbonyl (C=O) groups excluding carboxylic acids is 2. The molecule has 0 aliphatic carbocycles. The first-order chi connectivity index (χ1) is 12.0. The second-order valence-corrected chi connectivity index (χ2v) is 6.35. The van der Waals surface area contributed by atoms with Gasteiger partial charge < -0.3 is 5.32 Å². The Bertz CT molecular complexity index is 1010. The van der Waals surface area contributed by atoms with Crippen LogP contribution in [0.3, 0.4) is 0 Å². The molecule has 0 aliphatic rings. The van der Waals surface area contributed by atoms with Crippen LogP contribution in [0.5, 0.6) is 0 Å². The summed E-state index contributed by atoms with van der Waals surface area (Å²) < 4.78 is 15.1. The summed E-state index contributed by atoms with van der Waals surface area (Å²) in [6, 6.07) is 7.00. The summed E-state index contributed by atoms with van der Waals surface area (Å²) in [5.74, 6) is -2.67. The van der Waals surface area contributed by atoms with E-state index in [4.69, 9.17) is 0 Å². The molecule has 6 nitrogen and oxygen atoms in total. The van der Waals surface area contributed by atoms with Crippen LogP contribution in [0, 0.1) is 11.7 Å². The number of ketones is 1. The van der Waals surface area contributed by atoms with Gasteiger partial charge in [0.25, 0.3) is 5.56 Å². The number of aromatic nitrogens is 2.